The van der Waals surface area contributed by atoms with E-state index < -0.39 is 11.9 Å². The third kappa shape index (κ3) is 4.95. The highest BCUT2D eigenvalue weighted by atomic mass is 16.5. The average Bonchev–Trinajstić information content (AvgIpc) is 2.95. The average molecular weight is 505 g/mol. The summed E-state index contributed by atoms with van der Waals surface area (Å²) in [6, 6.07) is 15.9. The number of esters is 1. The molecule has 4 aromatic rings. The number of benzene rings is 3. The minimum Gasteiger partial charge on any atom is -0.497 e. The smallest absolute Gasteiger partial charge is 0.306 e. The summed E-state index contributed by atoms with van der Waals surface area (Å²) in [7, 11) is 7.52. The molecule has 1 aromatic heterocycles. The van der Waals surface area contributed by atoms with Crippen molar-refractivity contribution in [1.29, 1.82) is 0 Å². The molecule has 0 amide bonds. The Balaban J connectivity index is 1.95. The van der Waals surface area contributed by atoms with E-state index in [0.717, 1.165) is 5.56 Å². The molecule has 0 aliphatic heterocycles. The van der Waals surface area contributed by atoms with Crippen molar-refractivity contribution < 1.29 is 32.9 Å². The molecule has 0 aliphatic rings. The molecule has 3 aromatic carbocycles. The van der Waals surface area contributed by atoms with Crippen LogP contribution in [0.5, 0.6) is 23.0 Å². The van der Waals surface area contributed by atoms with Crippen molar-refractivity contribution in [3.05, 3.63) is 82.2 Å². The van der Waals surface area contributed by atoms with Gasteiger partial charge in [-0.05, 0) is 47.5 Å². The Kier molecular flexibility index (Phi) is 7.67. The zero-order valence-electron chi connectivity index (χ0n) is 21.3. The molecule has 192 valence electrons. The third-order valence-corrected chi connectivity index (χ3v) is 6.32. The summed E-state index contributed by atoms with van der Waals surface area (Å²) in [5, 5.41) is 0.361. The van der Waals surface area contributed by atoms with Crippen LogP contribution in [0.3, 0.4) is 0 Å². The monoisotopic (exact) mass is 504 g/mol. The molecule has 8 nitrogen and oxygen atoms in total. The van der Waals surface area contributed by atoms with E-state index in [9.17, 15) is 9.59 Å². The second-order valence-corrected chi connectivity index (χ2v) is 8.21. The highest BCUT2D eigenvalue weighted by molar-refractivity contribution is 5.87. The van der Waals surface area contributed by atoms with Gasteiger partial charge in [0.2, 0.25) is 5.43 Å². The largest absolute Gasteiger partial charge is 0.497 e. The lowest BCUT2D eigenvalue weighted by molar-refractivity contribution is -0.140. The fourth-order valence-electron chi connectivity index (χ4n) is 4.39. The van der Waals surface area contributed by atoms with Crippen molar-refractivity contribution in [2.24, 2.45) is 0 Å². The third-order valence-electron chi connectivity index (χ3n) is 6.32. The number of methoxy groups -OCH3 is 5. The maximum absolute atomic E-state index is 13.6. The Hall–Kier alpha value is -4.46. The van der Waals surface area contributed by atoms with Gasteiger partial charge in [-0.1, -0.05) is 18.2 Å². The fraction of sp³-hybridized carbons (Fsp3) is 0.241. The van der Waals surface area contributed by atoms with Crippen molar-refractivity contribution in [3.63, 3.8) is 0 Å². The second kappa shape index (κ2) is 11.1. The SMILES string of the molecule is COC(=O)C[C@@H](c1ccc(OC)c(OC)c1)c1c(OC)ccc2c(=O)c(-c3ccc(OC)cc3)coc12. The quantitative estimate of drug-likeness (QED) is 0.288. The first-order valence-corrected chi connectivity index (χ1v) is 11.5. The van der Waals surface area contributed by atoms with Gasteiger partial charge in [-0.3, -0.25) is 9.59 Å². The molecule has 4 rings (SSSR count). The highest BCUT2D eigenvalue weighted by Gasteiger charge is 2.28. The van der Waals surface area contributed by atoms with Crippen molar-refractivity contribution in [1.82, 2.24) is 0 Å². The van der Waals surface area contributed by atoms with Crippen LogP contribution in [0.4, 0.5) is 0 Å². The van der Waals surface area contributed by atoms with Gasteiger partial charge >= 0.3 is 5.97 Å². The molecule has 0 saturated heterocycles. The van der Waals surface area contributed by atoms with Crippen LogP contribution < -0.4 is 24.4 Å². The number of rotatable bonds is 9. The summed E-state index contributed by atoms with van der Waals surface area (Å²) in [6.07, 6.45) is 1.41. The molecule has 0 N–H and O–H groups in total. The van der Waals surface area contributed by atoms with E-state index in [1.54, 1.807) is 62.8 Å². The molecule has 0 fully saturated rings. The van der Waals surface area contributed by atoms with Crippen LogP contribution in [0.15, 0.2) is 70.1 Å². The van der Waals surface area contributed by atoms with Crippen LogP contribution in [0, 0.1) is 0 Å². The molecule has 8 heteroatoms. The Morgan fingerprint density at radius 2 is 1.49 bits per heavy atom. The minimum atomic E-state index is -0.569. The summed E-state index contributed by atoms with van der Waals surface area (Å²) in [6.45, 7) is 0. The number of fused-ring (bicyclic) bond motifs is 1. The zero-order valence-corrected chi connectivity index (χ0v) is 21.3. The van der Waals surface area contributed by atoms with Gasteiger partial charge in [-0.15, -0.1) is 0 Å². The Labute approximate surface area is 214 Å². The van der Waals surface area contributed by atoms with E-state index in [4.69, 9.17) is 28.1 Å². The van der Waals surface area contributed by atoms with Crippen LogP contribution in [0.1, 0.15) is 23.5 Å². The van der Waals surface area contributed by atoms with Gasteiger partial charge in [0.25, 0.3) is 0 Å². The highest BCUT2D eigenvalue weighted by Crippen LogP contribution is 2.42. The molecule has 0 spiro atoms. The molecule has 0 unspecified atom stereocenters. The predicted molar refractivity (Wildman–Crippen MR) is 139 cm³/mol. The molecular weight excluding hydrogens is 476 g/mol. The van der Waals surface area contributed by atoms with Crippen LogP contribution in [-0.2, 0) is 9.53 Å². The van der Waals surface area contributed by atoms with E-state index in [-0.39, 0.29) is 11.8 Å². The van der Waals surface area contributed by atoms with E-state index in [1.807, 2.05) is 6.07 Å². The number of hydrogen-bond acceptors (Lipinski definition) is 8. The summed E-state index contributed by atoms with van der Waals surface area (Å²) >= 11 is 0. The number of carbonyl (C=O) groups is 1. The van der Waals surface area contributed by atoms with Crippen LogP contribution in [0.25, 0.3) is 22.1 Å². The van der Waals surface area contributed by atoms with E-state index in [2.05, 4.69) is 0 Å². The lowest BCUT2D eigenvalue weighted by atomic mass is 9.86. The molecule has 1 atom stereocenters. The summed E-state index contributed by atoms with van der Waals surface area (Å²) in [5.74, 6) is 1.19. The first kappa shape index (κ1) is 25.6. The summed E-state index contributed by atoms with van der Waals surface area (Å²) < 4.78 is 32.8. The first-order chi connectivity index (χ1) is 17.9. The number of ether oxygens (including phenoxy) is 5. The molecule has 0 aliphatic carbocycles. The standard InChI is InChI=1S/C29H28O8/c1-32-19-9-6-17(7-10-19)22-16-37-29-20(28(22)31)11-13-24(34-3)27(29)21(15-26(30)36-5)18-8-12-23(33-2)25(14-18)35-4/h6-14,16,21H,15H2,1-5H3/t21-/m0/s1. The minimum absolute atomic E-state index is 0.0224. The maximum atomic E-state index is 13.6. The topological polar surface area (TPSA) is 93.4 Å². The van der Waals surface area contributed by atoms with Crippen LogP contribution in [-0.4, -0.2) is 41.5 Å². The normalized spacial score (nSPS) is 11.6. The summed E-state index contributed by atoms with van der Waals surface area (Å²) in [4.78, 5) is 26.1. The second-order valence-electron chi connectivity index (χ2n) is 8.21. The Morgan fingerprint density at radius 1 is 0.811 bits per heavy atom. The van der Waals surface area contributed by atoms with Gasteiger partial charge in [0.1, 0.15) is 23.3 Å². The van der Waals surface area contributed by atoms with Crippen molar-refractivity contribution in [2.75, 3.05) is 35.5 Å². The van der Waals surface area contributed by atoms with Gasteiger partial charge in [0.15, 0.2) is 11.5 Å². The maximum Gasteiger partial charge on any atom is 0.306 e. The van der Waals surface area contributed by atoms with Gasteiger partial charge in [0.05, 0.1) is 52.9 Å². The first-order valence-electron chi connectivity index (χ1n) is 11.5. The zero-order chi connectivity index (χ0) is 26.5. The van der Waals surface area contributed by atoms with Crippen molar-refractivity contribution >= 4 is 16.9 Å². The molecular formula is C29H28O8. The fourth-order valence-corrected chi connectivity index (χ4v) is 4.39. The van der Waals surface area contributed by atoms with Gasteiger partial charge in [0, 0.05) is 11.5 Å². The molecule has 0 saturated carbocycles. The van der Waals surface area contributed by atoms with E-state index in [1.165, 1.54) is 27.6 Å². The Morgan fingerprint density at radius 3 is 2.11 bits per heavy atom. The summed E-state index contributed by atoms with van der Waals surface area (Å²) in [5.41, 5.74) is 2.50. The van der Waals surface area contributed by atoms with E-state index in [0.29, 0.717) is 50.7 Å². The van der Waals surface area contributed by atoms with Gasteiger partial charge < -0.3 is 28.1 Å². The molecule has 0 bridgehead atoms. The molecule has 37 heavy (non-hydrogen) atoms. The van der Waals surface area contributed by atoms with E-state index >= 15 is 0 Å². The van der Waals surface area contributed by atoms with Crippen molar-refractivity contribution in [3.8, 4) is 34.1 Å². The Bertz CT molecular complexity index is 1470. The van der Waals surface area contributed by atoms with Crippen LogP contribution >= 0.6 is 0 Å². The van der Waals surface area contributed by atoms with Gasteiger partial charge in [-0.25, -0.2) is 0 Å². The van der Waals surface area contributed by atoms with Gasteiger partial charge in [-0.2, -0.15) is 0 Å². The lowest BCUT2D eigenvalue weighted by Crippen LogP contribution is -2.14. The molecule has 0 radical (unpaired) electrons. The predicted octanol–water partition coefficient (Wildman–Crippen LogP) is 5.19. The van der Waals surface area contributed by atoms with Crippen LogP contribution in [0.2, 0.25) is 0 Å². The molecule has 1 heterocycles. The number of carbonyl (C=O) groups excluding carboxylic acids is 1. The number of hydrogen-bond donors (Lipinski definition) is 0. The lowest BCUT2D eigenvalue weighted by Gasteiger charge is -2.22. The van der Waals surface area contributed by atoms with Crippen molar-refractivity contribution in [2.45, 2.75) is 12.3 Å².